The Morgan fingerprint density at radius 1 is 1.30 bits per heavy atom. The molecule has 37 heavy (non-hydrogen) atoms. The number of hydrogen-bond acceptors (Lipinski definition) is 7. The van der Waals surface area contributed by atoms with Crippen molar-refractivity contribution in [3.05, 3.63) is 65.6 Å². The largest absolute Gasteiger partial charge is 0.508 e. The van der Waals surface area contributed by atoms with Crippen LogP contribution in [0.1, 0.15) is 36.5 Å². The topological polar surface area (TPSA) is 122 Å². The average molecular weight is 500 g/mol. The number of amidine groups is 1. The van der Waals surface area contributed by atoms with E-state index in [0.717, 1.165) is 70.6 Å². The number of fused-ring (bicyclic) bond motifs is 1. The number of aromatic hydroxyl groups is 1. The summed E-state index contributed by atoms with van der Waals surface area (Å²) in [6.07, 6.45) is 8.61. The molecule has 9 nitrogen and oxygen atoms in total. The molecule has 1 atom stereocenters. The molecule has 1 aliphatic heterocycles. The Morgan fingerprint density at radius 3 is 2.89 bits per heavy atom. The molecule has 0 unspecified atom stereocenters. The van der Waals surface area contributed by atoms with E-state index in [1.165, 1.54) is 6.42 Å². The van der Waals surface area contributed by atoms with E-state index in [-0.39, 0.29) is 5.75 Å². The molecule has 0 aliphatic carbocycles. The van der Waals surface area contributed by atoms with Gasteiger partial charge in [-0.15, -0.1) is 0 Å². The van der Waals surface area contributed by atoms with Gasteiger partial charge in [-0.25, -0.2) is 14.5 Å². The molecule has 5 rings (SSSR count). The number of aromatic nitrogens is 3. The number of phenols is 1. The lowest BCUT2D eigenvalue weighted by Crippen LogP contribution is -2.30. The van der Waals surface area contributed by atoms with Crippen molar-refractivity contribution >= 4 is 22.7 Å². The Labute approximate surface area is 216 Å². The highest BCUT2D eigenvalue weighted by molar-refractivity contribution is 6.06. The zero-order chi connectivity index (χ0) is 25.9. The summed E-state index contributed by atoms with van der Waals surface area (Å²) in [6.45, 7) is 5.87. The van der Waals surface area contributed by atoms with Crippen molar-refractivity contribution in [1.82, 2.24) is 19.9 Å². The predicted octanol–water partition coefficient (Wildman–Crippen LogP) is 4.18. The first-order valence-electron chi connectivity index (χ1n) is 12.6. The first-order chi connectivity index (χ1) is 18.0. The zero-order valence-corrected chi connectivity index (χ0v) is 21.5. The Morgan fingerprint density at radius 2 is 2.16 bits per heavy atom. The SMILES string of the molecule is CCc1cc(O)ccc1N=C(N)c1cnn2cc(-c3cnc(OC)cc3C)cc2c1NC[C@@H]1CCCN1. The number of aliphatic imine (C=N–C) groups is 1. The van der Waals surface area contributed by atoms with E-state index in [1.807, 2.05) is 36.8 Å². The molecule has 1 fully saturated rings. The smallest absolute Gasteiger partial charge is 0.213 e. The quantitative estimate of drug-likeness (QED) is 0.212. The van der Waals surface area contributed by atoms with E-state index < -0.39 is 0 Å². The summed E-state index contributed by atoms with van der Waals surface area (Å²) in [7, 11) is 1.62. The normalized spacial score (nSPS) is 15.9. The molecule has 3 aromatic heterocycles. The molecule has 192 valence electrons. The molecular weight excluding hydrogens is 466 g/mol. The standard InChI is InChI=1S/C28H33N7O2/c1-4-18-11-21(36)7-8-24(18)34-28(29)23-15-33-35-16-19(22-14-31-26(37-3)10-17(22)2)12-25(35)27(23)32-13-20-6-5-9-30-20/h7-8,10-12,14-16,20,30,32,36H,4-6,9,13H2,1-3H3,(H2,29,34)/t20-/m0/s1. The summed E-state index contributed by atoms with van der Waals surface area (Å²) < 4.78 is 7.13. The van der Waals surface area contributed by atoms with Crippen molar-refractivity contribution in [2.75, 3.05) is 25.5 Å². The van der Waals surface area contributed by atoms with Crippen LogP contribution in [-0.2, 0) is 6.42 Å². The van der Waals surface area contributed by atoms with Gasteiger partial charge in [-0.3, -0.25) is 0 Å². The van der Waals surface area contributed by atoms with Crippen LogP contribution in [0.4, 0.5) is 11.4 Å². The predicted molar refractivity (Wildman–Crippen MR) is 147 cm³/mol. The van der Waals surface area contributed by atoms with E-state index in [2.05, 4.69) is 26.8 Å². The third-order valence-corrected chi connectivity index (χ3v) is 6.89. The third kappa shape index (κ3) is 5.08. The van der Waals surface area contributed by atoms with Crippen molar-refractivity contribution in [1.29, 1.82) is 0 Å². The molecule has 0 amide bonds. The summed E-state index contributed by atoms with van der Waals surface area (Å²) in [4.78, 5) is 9.14. The maximum atomic E-state index is 9.88. The molecule has 9 heteroatoms. The van der Waals surface area contributed by atoms with Gasteiger partial charge in [0.2, 0.25) is 5.88 Å². The van der Waals surface area contributed by atoms with Crippen LogP contribution in [0.2, 0.25) is 0 Å². The molecule has 4 heterocycles. The molecule has 5 N–H and O–H groups in total. The van der Waals surface area contributed by atoms with Gasteiger partial charge < -0.3 is 26.2 Å². The van der Waals surface area contributed by atoms with Crippen molar-refractivity contribution in [3.63, 3.8) is 0 Å². The number of nitrogens with two attached hydrogens (primary N) is 1. The number of phenolic OH excluding ortho intramolecular Hbond substituents is 1. The number of nitrogens with zero attached hydrogens (tertiary/aromatic N) is 4. The maximum Gasteiger partial charge on any atom is 0.213 e. The van der Waals surface area contributed by atoms with Gasteiger partial charge in [0, 0.05) is 42.2 Å². The van der Waals surface area contributed by atoms with Crippen LogP contribution in [0, 0.1) is 6.92 Å². The van der Waals surface area contributed by atoms with Gasteiger partial charge in [-0.2, -0.15) is 5.10 Å². The Hall–Kier alpha value is -4.11. The van der Waals surface area contributed by atoms with E-state index >= 15 is 0 Å². The van der Waals surface area contributed by atoms with E-state index in [9.17, 15) is 5.11 Å². The summed E-state index contributed by atoms with van der Waals surface area (Å²) >= 11 is 0. The number of pyridine rings is 1. The molecule has 1 saturated heterocycles. The molecule has 1 aromatic carbocycles. The molecule has 1 aliphatic rings. The Kier molecular flexibility index (Phi) is 6.96. The zero-order valence-electron chi connectivity index (χ0n) is 21.5. The van der Waals surface area contributed by atoms with Gasteiger partial charge in [0.05, 0.1) is 35.8 Å². The molecule has 0 saturated carbocycles. The number of benzene rings is 1. The Balaban J connectivity index is 1.59. The van der Waals surface area contributed by atoms with Crippen LogP contribution >= 0.6 is 0 Å². The molecule has 0 bridgehead atoms. The van der Waals surface area contributed by atoms with Gasteiger partial charge in [0.1, 0.15) is 11.6 Å². The van der Waals surface area contributed by atoms with E-state index in [4.69, 9.17) is 15.5 Å². The minimum Gasteiger partial charge on any atom is -0.508 e. The second-order valence-electron chi connectivity index (χ2n) is 9.37. The van der Waals surface area contributed by atoms with Gasteiger partial charge in [0.15, 0.2) is 0 Å². The monoisotopic (exact) mass is 499 g/mol. The van der Waals surface area contributed by atoms with Gasteiger partial charge in [-0.05, 0) is 68.1 Å². The summed E-state index contributed by atoms with van der Waals surface area (Å²) in [5, 5.41) is 21.7. The highest BCUT2D eigenvalue weighted by atomic mass is 16.5. The first kappa shape index (κ1) is 24.6. The lowest BCUT2D eigenvalue weighted by atomic mass is 10.1. The minimum absolute atomic E-state index is 0.216. The van der Waals surface area contributed by atoms with Crippen LogP contribution in [0.5, 0.6) is 11.6 Å². The second kappa shape index (κ2) is 10.5. The highest BCUT2D eigenvalue weighted by Gasteiger charge is 2.19. The molecular formula is C28H33N7O2. The summed E-state index contributed by atoms with van der Waals surface area (Å²) in [6, 6.07) is 9.56. The second-order valence-corrected chi connectivity index (χ2v) is 9.37. The van der Waals surface area contributed by atoms with Crippen molar-refractivity contribution in [2.24, 2.45) is 10.7 Å². The fourth-order valence-electron chi connectivity index (χ4n) is 4.84. The fraction of sp³-hybridized carbons (Fsp3) is 0.321. The van der Waals surface area contributed by atoms with E-state index in [1.54, 1.807) is 31.5 Å². The number of aryl methyl sites for hydroxylation is 2. The lowest BCUT2D eigenvalue weighted by molar-refractivity contribution is 0.397. The number of ether oxygens (including phenoxy) is 1. The van der Waals surface area contributed by atoms with Gasteiger partial charge in [-0.1, -0.05) is 6.92 Å². The number of anilines is 1. The average Bonchev–Trinajstić information content (AvgIpc) is 3.58. The summed E-state index contributed by atoms with van der Waals surface area (Å²) in [5.74, 6) is 1.16. The maximum absolute atomic E-state index is 9.88. The molecule has 4 aromatic rings. The number of nitrogens with one attached hydrogen (secondary N) is 2. The van der Waals surface area contributed by atoms with Crippen LogP contribution in [0.25, 0.3) is 16.6 Å². The molecule has 0 radical (unpaired) electrons. The minimum atomic E-state index is 0.216. The van der Waals surface area contributed by atoms with Crippen LogP contribution < -0.4 is 21.1 Å². The van der Waals surface area contributed by atoms with Crippen LogP contribution in [0.3, 0.4) is 0 Å². The Bertz CT molecular complexity index is 1450. The fourth-order valence-corrected chi connectivity index (χ4v) is 4.84. The molecule has 0 spiro atoms. The first-order valence-corrected chi connectivity index (χ1v) is 12.6. The van der Waals surface area contributed by atoms with Crippen molar-refractivity contribution in [2.45, 2.75) is 39.2 Å². The van der Waals surface area contributed by atoms with Crippen molar-refractivity contribution < 1.29 is 9.84 Å². The summed E-state index contributed by atoms with van der Waals surface area (Å²) in [5.41, 5.74) is 13.8. The van der Waals surface area contributed by atoms with Gasteiger partial charge in [0.25, 0.3) is 0 Å². The van der Waals surface area contributed by atoms with Crippen molar-refractivity contribution in [3.8, 4) is 22.8 Å². The van der Waals surface area contributed by atoms with E-state index in [0.29, 0.717) is 17.8 Å². The number of rotatable bonds is 8. The highest BCUT2D eigenvalue weighted by Crippen LogP contribution is 2.32. The number of hydrogen-bond donors (Lipinski definition) is 4. The lowest BCUT2D eigenvalue weighted by Gasteiger charge is -2.17. The van der Waals surface area contributed by atoms with Crippen LogP contribution in [-0.4, -0.2) is 51.8 Å². The van der Waals surface area contributed by atoms with Gasteiger partial charge >= 0.3 is 0 Å². The number of methoxy groups -OCH3 is 1. The third-order valence-electron chi connectivity index (χ3n) is 6.89. The van der Waals surface area contributed by atoms with Crippen LogP contribution in [0.15, 0.2) is 53.9 Å².